The maximum absolute atomic E-state index is 11.2. The summed E-state index contributed by atoms with van der Waals surface area (Å²) in [6.45, 7) is 2.95. The van der Waals surface area contributed by atoms with Crippen LogP contribution in [0.4, 0.5) is 5.13 Å². The molecule has 1 aromatic heterocycles. The molecule has 1 aromatic carbocycles. The minimum atomic E-state index is -0.654. The first-order chi connectivity index (χ1) is 9.11. The fraction of sp³-hybridized carbons (Fsp3) is 0.231. The molecule has 2 aromatic rings. The first-order valence-electron chi connectivity index (χ1n) is 5.94. The van der Waals surface area contributed by atoms with E-state index in [0.717, 1.165) is 29.4 Å². The van der Waals surface area contributed by atoms with Gasteiger partial charge in [0.1, 0.15) is 5.75 Å². The molecule has 5 nitrogen and oxygen atoms in total. The number of thiazole rings is 1. The summed E-state index contributed by atoms with van der Waals surface area (Å²) in [4.78, 5) is 15.6. The van der Waals surface area contributed by atoms with Crippen molar-refractivity contribution in [3.63, 3.8) is 0 Å². The van der Waals surface area contributed by atoms with Gasteiger partial charge < -0.3 is 16.2 Å². The first-order valence-corrected chi connectivity index (χ1v) is 6.82. The van der Waals surface area contributed by atoms with Crippen molar-refractivity contribution in [2.24, 2.45) is 5.73 Å². The Labute approximate surface area is 115 Å². The second kappa shape index (κ2) is 5.71. The Bertz CT molecular complexity index is 595. The number of amides is 1. The van der Waals surface area contributed by atoms with Crippen LogP contribution in [0.3, 0.4) is 0 Å². The lowest BCUT2D eigenvalue weighted by Crippen LogP contribution is -2.11. The molecule has 0 aliphatic heterocycles. The minimum Gasteiger partial charge on any atom is -0.507 e. The molecule has 0 aliphatic rings. The first kappa shape index (κ1) is 13.4. The summed E-state index contributed by atoms with van der Waals surface area (Å²) in [6.07, 6.45) is 1.03. The van der Waals surface area contributed by atoms with Crippen LogP contribution in [0.1, 0.15) is 23.7 Å². The van der Waals surface area contributed by atoms with Crippen LogP contribution in [0, 0.1) is 0 Å². The van der Waals surface area contributed by atoms with Gasteiger partial charge in [0.05, 0.1) is 11.3 Å². The van der Waals surface area contributed by atoms with Gasteiger partial charge in [-0.15, -0.1) is 11.3 Å². The van der Waals surface area contributed by atoms with Crippen molar-refractivity contribution in [1.82, 2.24) is 4.98 Å². The fourth-order valence-corrected chi connectivity index (χ4v) is 2.36. The molecule has 0 radical (unpaired) electrons. The van der Waals surface area contributed by atoms with Crippen molar-refractivity contribution < 1.29 is 9.90 Å². The molecule has 1 amide bonds. The predicted molar refractivity (Wildman–Crippen MR) is 76.5 cm³/mol. The van der Waals surface area contributed by atoms with Crippen LogP contribution >= 0.6 is 11.3 Å². The Morgan fingerprint density at radius 1 is 1.53 bits per heavy atom. The van der Waals surface area contributed by atoms with Gasteiger partial charge in [-0.1, -0.05) is 6.92 Å². The number of aromatic nitrogens is 1. The zero-order valence-electron chi connectivity index (χ0n) is 10.5. The molecule has 1 heterocycles. The summed E-state index contributed by atoms with van der Waals surface area (Å²) in [5.74, 6) is -0.769. The molecular weight excluding hydrogens is 262 g/mol. The number of hydrogen-bond donors (Lipinski definition) is 3. The SMILES string of the molecule is CCCNc1nc(-c2ccc(O)c(C(N)=O)c2)cs1. The number of hydrogen-bond acceptors (Lipinski definition) is 5. The maximum atomic E-state index is 11.2. The van der Waals surface area contributed by atoms with Gasteiger partial charge in [-0.05, 0) is 24.6 Å². The second-order valence-corrected chi connectivity index (χ2v) is 4.92. The Morgan fingerprint density at radius 2 is 2.32 bits per heavy atom. The number of carbonyl (C=O) groups excluding carboxylic acids is 1. The zero-order chi connectivity index (χ0) is 13.8. The Morgan fingerprint density at radius 3 is 3.00 bits per heavy atom. The van der Waals surface area contributed by atoms with Crippen molar-refractivity contribution >= 4 is 22.4 Å². The van der Waals surface area contributed by atoms with E-state index >= 15 is 0 Å². The number of anilines is 1. The maximum Gasteiger partial charge on any atom is 0.252 e. The minimum absolute atomic E-state index is 0.105. The number of aromatic hydroxyl groups is 1. The van der Waals surface area contributed by atoms with Crippen LogP contribution in [-0.4, -0.2) is 22.5 Å². The summed E-state index contributed by atoms with van der Waals surface area (Å²) in [5.41, 5.74) is 6.82. The van der Waals surface area contributed by atoms with E-state index in [-0.39, 0.29) is 11.3 Å². The quantitative estimate of drug-likeness (QED) is 0.783. The molecular formula is C13H15N3O2S. The molecule has 0 bridgehead atoms. The third-order valence-corrected chi connectivity index (χ3v) is 3.39. The Hall–Kier alpha value is -2.08. The number of nitrogens with two attached hydrogens (primary N) is 1. The molecule has 0 spiro atoms. The number of nitrogens with zero attached hydrogens (tertiary/aromatic N) is 1. The average Bonchev–Trinajstić information content (AvgIpc) is 2.85. The molecule has 0 atom stereocenters. The Kier molecular flexibility index (Phi) is 4.01. The van der Waals surface area contributed by atoms with Gasteiger partial charge in [0.25, 0.3) is 5.91 Å². The normalized spacial score (nSPS) is 10.4. The van der Waals surface area contributed by atoms with E-state index in [1.807, 2.05) is 5.38 Å². The Balaban J connectivity index is 2.29. The van der Waals surface area contributed by atoms with Crippen molar-refractivity contribution in [2.45, 2.75) is 13.3 Å². The van der Waals surface area contributed by atoms with Gasteiger partial charge >= 0.3 is 0 Å². The summed E-state index contributed by atoms with van der Waals surface area (Å²) >= 11 is 1.50. The van der Waals surface area contributed by atoms with Crippen molar-refractivity contribution in [2.75, 3.05) is 11.9 Å². The fourth-order valence-electron chi connectivity index (χ4n) is 1.61. The van der Waals surface area contributed by atoms with Crippen LogP contribution in [0.5, 0.6) is 5.75 Å². The third kappa shape index (κ3) is 3.03. The van der Waals surface area contributed by atoms with Crippen molar-refractivity contribution in [1.29, 1.82) is 0 Å². The van der Waals surface area contributed by atoms with Crippen LogP contribution in [0.25, 0.3) is 11.3 Å². The van der Waals surface area contributed by atoms with E-state index in [1.165, 1.54) is 17.4 Å². The van der Waals surface area contributed by atoms with E-state index in [2.05, 4.69) is 17.2 Å². The molecule has 4 N–H and O–H groups in total. The topological polar surface area (TPSA) is 88.2 Å². The smallest absolute Gasteiger partial charge is 0.252 e. The lowest BCUT2D eigenvalue weighted by Gasteiger charge is -2.03. The molecule has 0 fully saturated rings. The summed E-state index contributed by atoms with van der Waals surface area (Å²) in [5, 5.41) is 15.5. The van der Waals surface area contributed by atoms with Crippen molar-refractivity contribution in [3.05, 3.63) is 29.1 Å². The monoisotopic (exact) mass is 277 g/mol. The lowest BCUT2D eigenvalue weighted by atomic mass is 10.1. The molecule has 0 saturated heterocycles. The van der Waals surface area contributed by atoms with E-state index < -0.39 is 5.91 Å². The van der Waals surface area contributed by atoms with Gasteiger partial charge in [-0.25, -0.2) is 4.98 Å². The van der Waals surface area contributed by atoms with Crippen LogP contribution in [0.2, 0.25) is 0 Å². The number of rotatable bonds is 5. The largest absolute Gasteiger partial charge is 0.507 e. The van der Waals surface area contributed by atoms with Gasteiger partial charge in [0.2, 0.25) is 0 Å². The van der Waals surface area contributed by atoms with Crippen LogP contribution in [0.15, 0.2) is 23.6 Å². The number of primary amides is 1. The van der Waals surface area contributed by atoms with Gasteiger partial charge in [-0.3, -0.25) is 4.79 Å². The number of benzene rings is 1. The summed E-state index contributed by atoms with van der Waals surface area (Å²) in [6, 6.07) is 4.71. The highest BCUT2D eigenvalue weighted by Crippen LogP contribution is 2.28. The highest BCUT2D eigenvalue weighted by molar-refractivity contribution is 7.14. The molecule has 2 rings (SSSR count). The number of carbonyl (C=O) groups is 1. The lowest BCUT2D eigenvalue weighted by molar-refractivity contribution is 0.0998. The molecule has 0 aliphatic carbocycles. The molecule has 19 heavy (non-hydrogen) atoms. The highest BCUT2D eigenvalue weighted by Gasteiger charge is 2.11. The van der Waals surface area contributed by atoms with Crippen molar-refractivity contribution in [3.8, 4) is 17.0 Å². The number of phenols is 1. The van der Waals surface area contributed by atoms with Gasteiger partial charge in [0, 0.05) is 17.5 Å². The summed E-state index contributed by atoms with van der Waals surface area (Å²) < 4.78 is 0. The predicted octanol–water partition coefficient (Wildman–Crippen LogP) is 2.44. The molecule has 100 valence electrons. The van der Waals surface area contributed by atoms with Gasteiger partial charge in [0.15, 0.2) is 5.13 Å². The molecule has 0 saturated carbocycles. The average molecular weight is 277 g/mol. The third-order valence-electron chi connectivity index (χ3n) is 2.59. The van der Waals surface area contributed by atoms with Gasteiger partial charge in [-0.2, -0.15) is 0 Å². The molecule has 6 heteroatoms. The number of nitrogens with one attached hydrogen (secondary N) is 1. The zero-order valence-corrected chi connectivity index (χ0v) is 11.3. The van der Waals surface area contributed by atoms with E-state index in [1.54, 1.807) is 12.1 Å². The highest BCUT2D eigenvalue weighted by atomic mass is 32.1. The van der Waals surface area contributed by atoms with E-state index in [9.17, 15) is 9.90 Å². The second-order valence-electron chi connectivity index (χ2n) is 4.06. The molecule has 0 unspecified atom stereocenters. The van der Waals surface area contributed by atoms with E-state index in [0.29, 0.717) is 0 Å². The van der Waals surface area contributed by atoms with Crippen LogP contribution in [-0.2, 0) is 0 Å². The van der Waals surface area contributed by atoms with E-state index in [4.69, 9.17) is 5.73 Å². The summed E-state index contributed by atoms with van der Waals surface area (Å²) in [7, 11) is 0. The van der Waals surface area contributed by atoms with Crippen LogP contribution < -0.4 is 11.1 Å². The standard InChI is InChI=1S/C13H15N3O2S/c1-2-5-15-13-16-10(7-19-13)8-3-4-11(17)9(6-8)12(14)18/h3-4,6-7,17H,2,5H2,1H3,(H2,14,18)(H,15,16).